The van der Waals surface area contributed by atoms with Crippen molar-refractivity contribution in [3.63, 3.8) is 0 Å². The lowest BCUT2D eigenvalue weighted by atomic mass is 9.98. The van der Waals surface area contributed by atoms with Crippen LogP contribution in [0.1, 0.15) is 0 Å². The zero-order valence-corrected chi connectivity index (χ0v) is 30.6. The molecule has 0 spiro atoms. The van der Waals surface area contributed by atoms with Gasteiger partial charge in [-0.15, -0.1) is 11.3 Å². The fourth-order valence-corrected chi connectivity index (χ4v) is 9.57. The fraction of sp³-hybridized carbons (Fsp3) is 0. The van der Waals surface area contributed by atoms with Gasteiger partial charge in [0.05, 0.1) is 10.4 Å². The predicted molar refractivity (Wildman–Crippen MR) is 235 cm³/mol. The molecule has 258 valence electrons. The van der Waals surface area contributed by atoms with Crippen molar-refractivity contribution in [1.82, 2.24) is 0 Å². The average Bonchev–Trinajstić information content (AvgIpc) is 3.83. The van der Waals surface area contributed by atoms with E-state index in [1.807, 2.05) is 23.5 Å². The highest BCUT2D eigenvalue weighted by Gasteiger charge is 2.20. The van der Waals surface area contributed by atoms with Crippen molar-refractivity contribution in [3.05, 3.63) is 200 Å². The summed E-state index contributed by atoms with van der Waals surface area (Å²) in [7, 11) is 0. The molecule has 0 aliphatic rings. The third kappa shape index (κ3) is 5.32. The lowest BCUT2D eigenvalue weighted by Gasteiger charge is -2.26. The summed E-state index contributed by atoms with van der Waals surface area (Å²) in [6, 6.07) is 72.2. The summed E-state index contributed by atoms with van der Waals surface area (Å²) in [4.78, 5) is 2.42. The minimum absolute atomic E-state index is 0.909. The quantitative estimate of drug-likeness (QED) is 0.170. The van der Waals surface area contributed by atoms with Crippen LogP contribution >= 0.6 is 11.3 Å². The Morgan fingerprint density at radius 2 is 0.909 bits per heavy atom. The number of thiophene rings is 1. The maximum absolute atomic E-state index is 6.13. The molecule has 55 heavy (non-hydrogen) atoms. The zero-order chi connectivity index (χ0) is 36.3. The van der Waals surface area contributed by atoms with E-state index in [0.717, 1.165) is 50.1 Å². The molecule has 0 saturated carbocycles. The summed E-state index contributed by atoms with van der Waals surface area (Å²) < 4.78 is 8.70. The molecular formula is C52H33NOS. The molecule has 0 bridgehead atoms. The molecule has 0 aliphatic heterocycles. The molecule has 2 heterocycles. The van der Waals surface area contributed by atoms with Crippen molar-refractivity contribution >= 4 is 81.3 Å². The summed E-state index contributed by atoms with van der Waals surface area (Å²) in [6.45, 7) is 0. The second-order valence-corrected chi connectivity index (χ2v) is 15.1. The van der Waals surface area contributed by atoms with E-state index < -0.39 is 0 Å². The first kappa shape index (κ1) is 31.6. The number of furan rings is 1. The molecule has 0 aliphatic carbocycles. The Morgan fingerprint density at radius 3 is 1.73 bits per heavy atom. The second kappa shape index (κ2) is 12.9. The van der Waals surface area contributed by atoms with Gasteiger partial charge in [-0.1, -0.05) is 152 Å². The minimum atomic E-state index is 0.909. The lowest BCUT2D eigenvalue weighted by Crippen LogP contribution is -2.10. The van der Waals surface area contributed by atoms with Crippen molar-refractivity contribution in [2.75, 3.05) is 4.90 Å². The van der Waals surface area contributed by atoms with E-state index in [1.54, 1.807) is 0 Å². The highest BCUT2D eigenvalue weighted by atomic mass is 32.1. The van der Waals surface area contributed by atoms with E-state index in [0.29, 0.717) is 0 Å². The number of nitrogens with zero attached hydrogens (tertiary/aromatic N) is 1. The molecule has 3 heteroatoms. The van der Waals surface area contributed by atoms with Crippen molar-refractivity contribution in [1.29, 1.82) is 0 Å². The number of hydrogen-bond acceptors (Lipinski definition) is 3. The molecule has 2 nitrogen and oxygen atoms in total. The van der Waals surface area contributed by atoms with Crippen molar-refractivity contribution in [2.45, 2.75) is 0 Å². The first-order valence-corrected chi connectivity index (χ1v) is 19.5. The third-order valence-electron chi connectivity index (χ3n) is 10.9. The van der Waals surface area contributed by atoms with Crippen LogP contribution in [-0.4, -0.2) is 0 Å². The van der Waals surface area contributed by atoms with Crippen molar-refractivity contribution in [3.8, 4) is 33.4 Å². The third-order valence-corrected chi connectivity index (χ3v) is 12.2. The monoisotopic (exact) mass is 719 g/mol. The normalized spacial score (nSPS) is 11.6. The van der Waals surface area contributed by atoms with Gasteiger partial charge >= 0.3 is 0 Å². The summed E-state index contributed by atoms with van der Waals surface area (Å²) in [6.07, 6.45) is 0. The van der Waals surface area contributed by atoms with Crippen LogP contribution in [0.15, 0.2) is 205 Å². The zero-order valence-electron chi connectivity index (χ0n) is 29.8. The van der Waals surface area contributed by atoms with Gasteiger partial charge in [-0.3, -0.25) is 0 Å². The number of fused-ring (bicyclic) bond motifs is 7. The highest BCUT2D eigenvalue weighted by molar-refractivity contribution is 7.27. The Kier molecular flexibility index (Phi) is 7.39. The van der Waals surface area contributed by atoms with Crippen LogP contribution < -0.4 is 4.90 Å². The lowest BCUT2D eigenvalue weighted by molar-refractivity contribution is 0.669. The fourth-order valence-electron chi connectivity index (χ4n) is 8.23. The number of para-hydroxylation sites is 1. The first-order chi connectivity index (χ1) is 27.3. The van der Waals surface area contributed by atoms with E-state index in [1.165, 1.54) is 53.2 Å². The number of rotatable bonds is 6. The van der Waals surface area contributed by atoms with Crippen LogP contribution in [-0.2, 0) is 0 Å². The molecule has 0 radical (unpaired) electrons. The van der Waals surface area contributed by atoms with Gasteiger partial charge in [0.25, 0.3) is 0 Å². The summed E-state index contributed by atoms with van der Waals surface area (Å²) in [5, 5.41) is 7.34. The van der Waals surface area contributed by atoms with Gasteiger partial charge in [-0.05, 0) is 92.7 Å². The Balaban J connectivity index is 1.06. The van der Waals surface area contributed by atoms with Crippen LogP contribution in [0.2, 0.25) is 0 Å². The van der Waals surface area contributed by atoms with Crippen LogP contribution in [0, 0.1) is 0 Å². The van der Waals surface area contributed by atoms with Crippen LogP contribution in [0.4, 0.5) is 17.1 Å². The largest absolute Gasteiger partial charge is 0.456 e. The van der Waals surface area contributed by atoms with Gasteiger partial charge in [0.2, 0.25) is 0 Å². The van der Waals surface area contributed by atoms with E-state index in [2.05, 4.69) is 193 Å². The van der Waals surface area contributed by atoms with Gasteiger partial charge in [-0.2, -0.15) is 0 Å². The summed E-state index contributed by atoms with van der Waals surface area (Å²) in [5.74, 6) is 0. The molecule has 0 saturated heterocycles. The maximum atomic E-state index is 6.13. The van der Waals surface area contributed by atoms with E-state index >= 15 is 0 Å². The maximum Gasteiger partial charge on any atom is 0.135 e. The molecule has 0 fully saturated rings. The molecular weight excluding hydrogens is 687 g/mol. The Hall–Kier alpha value is -6.94. The standard InChI is InChI=1S/C52H33NOS/c1-2-11-36(12-3-1)43-18-9-19-45-46-20-10-21-48(52(46)55-51(43)45)53(40-30-25-37(26-31-40)42-17-8-14-35-13-4-5-15-41(35)42)39-28-23-34(24-29-39)38-27-32-50-47(33-38)44-16-6-7-22-49(44)54-50/h1-33H. The van der Waals surface area contributed by atoms with Gasteiger partial charge in [0.15, 0.2) is 0 Å². The predicted octanol–water partition coefficient (Wildman–Crippen LogP) is 15.6. The molecule has 0 amide bonds. The number of hydrogen-bond donors (Lipinski definition) is 0. The van der Waals surface area contributed by atoms with Crippen LogP contribution in [0.3, 0.4) is 0 Å². The van der Waals surface area contributed by atoms with Crippen molar-refractivity contribution < 1.29 is 4.42 Å². The van der Waals surface area contributed by atoms with E-state index in [4.69, 9.17) is 4.42 Å². The van der Waals surface area contributed by atoms with Gasteiger partial charge in [0, 0.05) is 37.6 Å². The van der Waals surface area contributed by atoms with Crippen LogP contribution in [0.5, 0.6) is 0 Å². The Labute approximate surface area is 322 Å². The second-order valence-electron chi connectivity index (χ2n) is 14.1. The van der Waals surface area contributed by atoms with Crippen molar-refractivity contribution in [2.24, 2.45) is 0 Å². The summed E-state index contributed by atoms with van der Waals surface area (Å²) in [5.41, 5.74) is 12.5. The minimum Gasteiger partial charge on any atom is -0.456 e. The summed E-state index contributed by atoms with van der Waals surface area (Å²) >= 11 is 1.88. The number of benzene rings is 9. The molecule has 2 aromatic heterocycles. The van der Waals surface area contributed by atoms with E-state index in [-0.39, 0.29) is 0 Å². The van der Waals surface area contributed by atoms with Crippen LogP contribution in [0.25, 0.3) is 86.3 Å². The molecule has 11 rings (SSSR count). The van der Waals surface area contributed by atoms with Gasteiger partial charge < -0.3 is 9.32 Å². The smallest absolute Gasteiger partial charge is 0.135 e. The molecule has 0 N–H and O–H groups in total. The molecule has 0 unspecified atom stereocenters. The van der Waals surface area contributed by atoms with E-state index in [9.17, 15) is 0 Å². The van der Waals surface area contributed by atoms with Gasteiger partial charge in [-0.25, -0.2) is 0 Å². The molecule has 9 aromatic carbocycles. The van der Waals surface area contributed by atoms with Gasteiger partial charge in [0.1, 0.15) is 11.2 Å². The molecule has 11 aromatic rings. The number of anilines is 3. The Morgan fingerprint density at radius 1 is 0.345 bits per heavy atom. The average molecular weight is 720 g/mol. The highest BCUT2D eigenvalue weighted by Crippen LogP contribution is 2.47. The topological polar surface area (TPSA) is 16.4 Å². The SMILES string of the molecule is c1ccc(-c2cccc3c2sc2c(N(c4ccc(-c5ccc6oc7ccccc7c6c5)cc4)c4ccc(-c5cccc6ccccc56)cc4)cccc23)cc1. The Bertz CT molecular complexity index is 3190. The first-order valence-electron chi connectivity index (χ1n) is 18.7. The molecule has 0 atom stereocenters.